The molecule has 3 heteroatoms. The molecule has 7 aliphatic rings. The second kappa shape index (κ2) is 3.43. The van der Waals surface area contributed by atoms with Gasteiger partial charge in [-0.25, -0.2) is 0 Å². The summed E-state index contributed by atoms with van der Waals surface area (Å²) < 4.78 is 5.43. The summed E-state index contributed by atoms with van der Waals surface area (Å²) in [5.41, 5.74) is -0.489. The van der Waals surface area contributed by atoms with Gasteiger partial charge in [-0.3, -0.25) is 4.79 Å². The van der Waals surface area contributed by atoms with Gasteiger partial charge in [-0.15, -0.1) is 0 Å². The molecule has 7 saturated carbocycles. The van der Waals surface area contributed by atoms with Crippen LogP contribution in [0.5, 0.6) is 0 Å². The number of rotatable bonds is 2. The van der Waals surface area contributed by atoms with Crippen molar-refractivity contribution in [2.75, 3.05) is 6.61 Å². The highest BCUT2D eigenvalue weighted by Crippen LogP contribution is 2.75. The number of hydrogen-bond acceptors (Lipinski definition) is 3. The lowest BCUT2D eigenvalue weighted by Gasteiger charge is -2.73. The fourth-order valence-corrected chi connectivity index (χ4v) is 7.43. The molecule has 0 aromatic carbocycles. The summed E-state index contributed by atoms with van der Waals surface area (Å²) in [4.78, 5) is 12.5. The fraction of sp³-hybridized carbons (Fsp3) is 0.941. The van der Waals surface area contributed by atoms with E-state index in [9.17, 15) is 9.90 Å². The van der Waals surface area contributed by atoms with Gasteiger partial charge in [0, 0.05) is 0 Å². The van der Waals surface area contributed by atoms with Crippen LogP contribution in [0.4, 0.5) is 0 Å². The zero-order valence-corrected chi connectivity index (χ0v) is 12.2. The van der Waals surface area contributed by atoms with Gasteiger partial charge in [-0.1, -0.05) is 0 Å². The number of ether oxygens (including phenoxy) is 1. The van der Waals surface area contributed by atoms with Crippen molar-refractivity contribution in [2.24, 2.45) is 40.9 Å². The van der Waals surface area contributed by atoms with E-state index in [-0.39, 0.29) is 17.0 Å². The quantitative estimate of drug-likeness (QED) is 0.788. The number of esters is 1. The molecule has 0 heterocycles. The third-order valence-electron chi connectivity index (χ3n) is 7.73. The monoisotopic (exact) mass is 276 g/mol. The molecular formula is C17H24O3. The maximum atomic E-state index is 12.5. The molecule has 0 spiro atoms. The third-order valence-corrected chi connectivity index (χ3v) is 7.73. The second-order valence-corrected chi connectivity index (χ2v) is 8.43. The predicted molar refractivity (Wildman–Crippen MR) is 72.7 cm³/mol. The standard InChI is InChI=1S/C17H24O3/c1-2-20-15(18)16-3-9-12-6-17(19)7-13(9)11(5-16)14(8-17)10(12)4-16/h9-14,19H,2-8H2,1H3. The van der Waals surface area contributed by atoms with Crippen molar-refractivity contribution in [1.29, 1.82) is 0 Å². The van der Waals surface area contributed by atoms with Gasteiger partial charge in [0.1, 0.15) is 0 Å². The number of aliphatic hydroxyl groups is 1. The molecule has 7 rings (SSSR count). The van der Waals surface area contributed by atoms with Crippen LogP contribution in [-0.2, 0) is 9.53 Å². The van der Waals surface area contributed by atoms with Crippen molar-refractivity contribution in [2.45, 2.75) is 51.0 Å². The molecule has 0 aromatic heterocycles. The van der Waals surface area contributed by atoms with Crippen LogP contribution < -0.4 is 0 Å². The van der Waals surface area contributed by atoms with Crippen molar-refractivity contribution in [3.05, 3.63) is 0 Å². The molecule has 0 unspecified atom stereocenters. The molecule has 110 valence electrons. The lowest BCUT2D eigenvalue weighted by atomic mass is 9.32. The highest BCUT2D eigenvalue weighted by atomic mass is 16.5. The number of carbonyl (C=O) groups excluding carboxylic acids is 1. The summed E-state index contributed by atoms with van der Waals surface area (Å²) in [5, 5.41) is 10.8. The first-order chi connectivity index (χ1) is 9.55. The fourth-order valence-electron chi connectivity index (χ4n) is 7.43. The van der Waals surface area contributed by atoms with Crippen LogP contribution in [-0.4, -0.2) is 23.3 Å². The van der Waals surface area contributed by atoms with E-state index in [4.69, 9.17) is 4.74 Å². The Morgan fingerprint density at radius 1 is 0.950 bits per heavy atom. The van der Waals surface area contributed by atoms with E-state index >= 15 is 0 Å². The minimum atomic E-state index is -0.342. The Morgan fingerprint density at radius 2 is 1.35 bits per heavy atom. The van der Waals surface area contributed by atoms with Crippen LogP contribution in [0.2, 0.25) is 0 Å². The SMILES string of the molecule is CCOC(=O)C12CC3C4CC5(O)CC3C(C1)C(C5)C4C2. The Bertz CT molecular complexity index is 420. The van der Waals surface area contributed by atoms with Gasteiger partial charge in [-0.2, -0.15) is 0 Å². The molecule has 3 nitrogen and oxygen atoms in total. The molecule has 20 heavy (non-hydrogen) atoms. The van der Waals surface area contributed by atoms with Crippen LogP contribution in [0, 0.1) is 40.9 Å². The molecule has 0 radical (unpaired) electrons. The van der Waals surface area contributed by atoms with Crippen LogP contribution in [0.25, 0.3) is 0 Å². The van der Waals surface area contributed by atoms with Crippen molar-refractivity contribution in [3.8, 4) is 0 Å². The molecule has 0 amide bonds. The van der Waals surface area contributed by atoms with E-state index in [2.05, 4.69) is 0 Å². The normalized spacial score (nSPS) is 61.1. The zero-order valence-electron chi connectivity index (χ0n) is 12.2. The molecule has 0 saturated heterocycles. The summed E-state index contributed by atoms with van der Waals surface area (Å²) in [6, 6.07) is 0. The Labute approximate surface area is 120 Å². The second-order valence-electron chi connectivity index (χ2n) is 8.43. The highest BCUT2D eigenvalue weighted by Gasteiger charge is 2.71. The maximum Gasteiger partial charge on any atom is 0.312 e. The van der Waals surface area contributed by atoms with Crippen LogP contribution >= 0.6 is 0 Å². The smallest absolute Gasteiger partial charge is 0.312 e. The lowest BCUT2D eigenvalue weighted by molar-refractivity contribution is -0.275. The van der Waals surface area contributed by atoms with Gasteiger partial charge in [0.05, 0.1) is 17.6 Å². The topological polar surface area (TPSA) is 46.5 Å². The maximum absolute atomic E-state index is 12.5. The van der Waals surface area contributed by atoms with Gasteiger partial charge < -0.3 is 9.84 Å². The Hall–Kier alpha value is -0.570. The van der Waals surface area contributed by atoms with Crippen molar-refractivity contribution < 1.29 is 14.6 Å². The summed E-state index contributed by atoms with van der Waals surface area (Å²) in [7, 11) is 0. The van der Waals surface area contributed by atoms with Crippen LogP contribution in [0.15, 0.2) is 0 Å². The first-order valence-electron chi connectivity index (χ1n) is 8.45. The van der Waals surface area contributed by atoms with Gasteiger partial charge in [-0.05, 0) is 81.0 Å². The molecule has 0 atom stereocenters. The van der Waals surface area contributed by atoms with Gasteiger partial charge in [0.15, 0.2) is 0 Å². The average Bonchev–Trinajstić information content (AvgIpc) is 2.43. The molecule has 0 aliphatic heterocycles. The third kappa shape index (κ3) is 1.21. The molecule has 1 N–H and O–H groups in total. The highest BCUT2D eigenvalue weighted by molar-refractivity contribution is 5.77. The van der Waals surface area contributed by atoms with E-state index in [0.717, 1.165) is 38.5 Å². The van der Waals surface area contributed by atoms with E-state index in [1.807, 2.05) is 6.92 Å². The summed E-state index contributed by atoms with van der Waals surface area (Å²) in [6.45, 7) is 2.43. The van der Waals surface area contributed by atoms with E-state index in [1.54, 1.807) is 0 Å². The van der Waals surface area contributed by atoms with Crippen molar-refractivity contribution in [1.82, 2.24) is 0 Å². The van der Waals surface area contributed by atoms with Crippen LogP contribution in [0.1, 0.15) is 45.4 Å². The molecule has 8 bridgehead atoms. The van der Waals surface area contributed by atoms with E-state index in [1.165, 1.54) is 0 Å². The van der Waals surface area contributed by atoms with Crippen molar-refractivity contribution >= 4 is 5.97 Å². The zero-order chi connectivity index (χ0) is 13.7. The predicted octanol–water partition coefficient (Wildman–Crippen LogP) is 2.37. The summed E-state index contributed by atoms with van der Waals surface area (Å²) in [5.74, 6) is 4.31. The summed E-state index contributed by atoms with van der Waals surface area (Å²) in [6.07, 6.45) is 6.20. The van der Waals surface area contributed by atoms with Crippen LogP contribution in [0.3, 0.4) is 0 Å². The van der Waals surface area contributed by atoms with Gasteiger partial charge in [0.25, 0.3) is 0 Å². The largest absolute Gasteiger partial charge is 0.466 e. The minimum Gasteiger partial charge on any atom is -0.466 e. The Balaban J connectivity index is 1.55. The van der Waals surface area contributed by atoms with E-state index < -0.39 is 0 Å². The molecule has 0 aromatic rings. The first-order valence-corrected chi connectivity index (χ1v) is 8.45. The van der Waals surface area contributed by atoms with Crippen molar-refractivity contribution in [3.63, 3.8) is 0 Å². The molecule has 7 fully saturated rings. The van der Waals surface area contributed by atoms with Gasteiger partial charge >= 0.3 is 5.97 Å². The summed E-state index contributed by atoms with van der Waals surface area (Å²) >= 11 is 0. The number of carbonyl (C=O) groups is 1. The number of hydrogen-bond donors (Lipinski definition) is 1. The average molecular weight is 276 g/mol. The van der Waals surface area contributed by atoms with Gasteiger partial charge in [0.2, 0.25) is 0 Å². The molecular weight excluding hydrogens is 252 g/mol. The Morgan fingerprint density at radius 3 is 1.75 bits per heavy atom. The minimum absolute atomic E-state index is 0.0896. The molecule has 7 aliphatic carbocycles. The lowest BCUT2D eigenvalue weighted by Crippen LogP contribution is -2.70. The Kier molecular flexibility index (Phi) is 2.06. The van der Waals surface area contributed by atoms with E-state index in [0.29, 0.717) is 42.1 Å². The first kappa shape index (κ1) is 12.0.